The van der Waals surface area contributed by atoms with Crippen LogP contribution in [0.25, 0.3) is 0 Å². The van der Waals surface area contributed by atoms with Crippen LogP contribution < -0.4 is 0 Å². The number of hydrogen-bond donors (Lipinski definition) is 5. The Balaban J connectivity index is 2.54. The number of aliphatic hydroxyl groups is 2. The Morgan fingerprint density at radius 1 is 0.733 bits per heavy atom. The molecule has 1 unspecified atom stereocenters. The molecule has 17 heteroatoms. The van der Waals surface area contributed by atoms with Crippen molar-refractivity contribution in [3.8, 4) is 0 Å². The molecule has 1 aliphatic carbocycles. The molecule has 6 atom stereocenters. The molecule has 0 amide bonds. The largest absolute Gasteiger partial charge is 0.472 e. The Morgan fingerprint density at radius 2 is 1.32 bits per heavy atom. The molecule has 0 bridgehead atoms. The molecule has 1 rings (SSSR count). The van der Waals surface area contributed by atoms with Gasteiger partial charge in [-0.1, -0.05) is 141 Å². The molecular formula is C43H76O15P2. The molecule has 0 aromatic heterocycles. The summed E-state index contributed by atoms with van der Waals surface area (Å²) in [5.41, 5.74) is 0. The first-order valence-corrected chi connectivity index (χ1v) is 25.1. The molecule has 1 aliphatic rings. The highest BCUT2D eigenvalue weighted by molar-refractivity contribution is 7.47. The third-order valence-corrected chi connectivity index (χ3v) is 11.4. The summed E-state index contributed by atoms with van der Waals surface area (Å²) >= 11 is 0. The first-order chi connectivity index (χ1) is 28.5. The van der Waals surface area contributed by atoms with Crippen LogP contribution in [0.5, 0.6) is 0 Å². The molecule has 5 N–H and O–H groups in total. The van der Waals surface area contributed by atoms with Crippen molar-refractivity contribution < 1.29 is 71.5 Å². The van der Waals surface area contributed by atoms with Gasteiger partial charge in [0, 0.05) is 18.8 Å². The summed E-state index contributed by atoms with van der Waals surface area (Å²) < 4.78 is 47.8. The number of carbonyl (C=O) groups excluding carboxylic acids is 3. The molecule has 0 radical (unpaired) electrons. The fraction of sp³-hybridized carbons (Fsp3) is 0.791. The van der Waals surface area contributed by atoms with Gasteiger partial charge in [0.2, 0.25) is 0 Å². The van der Waals surface area contributed by atoms with Gasteiger partial charge in [-0.2, -0.15) is 0 Å². The van der Waals surface area contributed by atoms with Crippen molar-refractivity contribution in [1.82, 2.24) is 0 Å². The fourth-order valence-electron chi connectivity index (χ4n) is 6.46. The van der Waals surface area contributed by atoms with Crippen molar-refractivity contribution in [2.75, 3.05) is 26.4 Å². The number of phosphoric acid groups is 2. The molecule has 0 saturated carbocycles. The van der Waals surface area contributed by atoms with Crippen LogP contribution in [0.3, 0.4) is 0 Å². The lowest BCUT2D eigenvalue weighted by Crippen LogP contribution is -2.29. The van der Waals surface area contributed by atoms with Crippen molar-refractivity contribution in [3.63, 3.8) is 0 Å². The second-order valence-electron chi connectivity index (χ2n) is 16.1. The van der Waals surface area contributed by atoms with E-state index in [-0.39, 0.29) is 30.5 Å². The van der Waals surface area contributed by atoms with E-state index in [9.17, 15) is 38.6 Å². The Morgan fingerprint density at radius 3 is 1.95 bits per heavy atom. The van der Waals surface area contributed by atoms with Crippen LogP contribution >= 0.6 is 15.6 Å². The summed E-state index contributed by atoms with van der Waals surface area (Å²) in [5.74, 6) is -0.766. The van der Waals surface area contributed by atoms with E-state index in [4.69, 9.17) is 23.8 Å². The molecule has 0 aromatic carbocycles. The van der Waals surface area contributed by atoms with Crippen LogP contribution in [-0.4, -0.2) is 87.4 Å². The summed E-state index contributed by atoms with van der Waals surface area (Å²) in [7, 11) is -9.75. The highest BCUT2D eigenvalue weighted by Gasteiger charge is 2.29. The molecule has 15 nitrogen and oxygen atoms in total. The smallest absolute Gasteiger partial charge is 0.462 e. The number of esters is 2. The summed E-state index contributed by atoms with van der Waals surface area (Å²) in [4.78, 5) is 65.3. The van der Waals surface area contributed by atoms with Crippen molar-refractivity contribution in [2.45, 2.75) is 174 Å². The third-order valence-electron chi connectivity index (χ3n) is 9.95. The SMILES string of the molecule is CCCCC[C@H](O)/C=C/[C@H]1C(=O)C=C[C@@H]1C/C=C\CCCC(=O)O[C@H](COC(=O)CCCCCCCCCCCCCC(C)C)COP(=O)(O)OC[C@@H](O)COP(=O)(O)O. The number of unbranched alkanes of at least 4 members (excludes halogenated alkanes) is 13. The van der Waals surface area contributed by atoms with Gasteiger partial charge in [0.15, 0.2) is 11.9 Å². The number of ketones is 1. The van der Waals surface area contributed by atoms with E-state index in [2.05, 4.69) is 29.8 Å². The molecule has 60 heavy (non-hydrogen) atoms. The van der Waals surface area contributed by atoms with Crippen molar-refractivity contribution in [1.29, 1.82) is 0 Å². The first kappa shape index (κ1) is 56.0. The number of phosphoric ester groups is 2. The molecule has 0 spiro atoms. The average molecular weight is 895 g/mol. The second-order valence-corrected chi connectivity index (χ2v) is 18.8. The van der Waals surface area contributed by atoms with Gasteiger partial charge in [0.05, 0.1) is 25.9 Å². The maximum atomic E-state index is 12.8. The number of allylic oxidation sites excluding steroid dienone is 5. The Hall–Kier alpha value is -2.03. The summed E-state index contributed by atoms with van der Waals surface area (Å²) in [6.45, 7) is 3.73. The van der Waals surface area contributed by atoms with Gasteiger partial charge >= 0.3 is 27.6 Å². The standard InChI is InChI=1S/C43H76O15P2/c1-4-5-17-24-37(44)28-29-40-36(27-30-41(40)46)23-19-15-16-21-26-43(48)58-39(34-57-60(52,53)56-32-38(45)31-55-59(49,50)51)33-54-42(47)25-20-14-12-10-8-6-7-9-11-13-18-22-35(2)3/h15,19,27-30,35-40,44-45H,4-14,16-18,20-26,31-34H2,1-3H3,(H,52,53)(H2,49,50,51)/b19-15-,29-28+/t36-,37-,38-,39+,40+/m0/s1. The van der Waals surface area contributed by atoms with Crippen molar-refractivity contribution in [3.05, 3.63) is 36.5 Å². The molecule has 0 heterocycles. The van der Waals surface area contributed by atoms with Gasteiger partial charge in [-0.3, -0.25) is 28.0 Å². The summed E-state index contributed by atoms with van der Waals surface area (Å²) in [5, 5.41) is 20.0. The highest BCUT2D eigenvalue weighted by Crippen LogP contribution is 2.44. The third kappa shape index (κ3) is 31.8. The zero-order valence-corrected chi connectivity index (χ0v) is 38.1. The zero-order valence-electron chi connectivity index (χ0n) is 36.3. The minimum atomic E-state index is -4.89. The van der Waals surface area contributed by atoms with E-state index < -0.39 is 72.3 Å². The van der Waals surface area contributed by atoms with Crippen LogP contribution in [0.15, 0.2) is 36.5 Å². The summed E-state index contributed by atoms with van der Waals surface area (Å²) in [6, 6.07) is 0. The van der Waals surface area contributed by atoms with Crippen LogP contribution in [0.4, 0.5) is 0 Å². The first-order valence-electron chi connectivity index (χ1n) is 22.1. The minimum absolute atomic E-state index is 0.00116. The van der Waals surface area contributed by atoms with Crippen LogP contribution in [0.2, 0.25) is 0 Å². The average Bonchev–Trinajstić information content (AvgIpc) is 3.54. The van der Waals surface area contributed by atoms with E-state index in [1.165, 1.54) is 51.4 Å². The summed E-state index contributed by atoms with van der Waals surface area (Å²) in [6.07, 6.45) is 26.4. The van der Waals surface area contributed by atoms with Gasteiger partial charge in [-0.05, 0) is 50.0 Å². The molecule has 0 saturated heterocycles. The fourth-order valence-corrected chi connectivity index (χ4v) is 7.62. The number of carbonyl (C=O) groups is 3. The lowest BCUT2D eigenvalue weighted by atomic mass is 9.90. The number of hydrogen-bond acceptors (Lipinski definition) is 12. The molecular weight excluding hydrogens is 818 g/mol. The monoisotopic (exact) mass is 894 g/mol. The molecule has 0 aromatic rings. The van der Waals surface area contributed by atoms with E-state index in [0.717, 1.165) is 44.4 Å². The minimum Gasteiger partial charge on any atom is -0.462 e. The predicted octanol–water partition coefficient (Wildman–Crippen LogP) is 8.76. The number of rotatable bonds is 38. The lowest BCUT2D eigenvalue weighted by molar-refractivity contribution is -0.161. The maximum absolute atomic E-state index is 12.8. The molecule has 0 aliphatic heterocycles. The van der Waals surface area contributed by atoms with E-state index in [1.807, 2.05) is 18.2 Å². The predicted molar refractivity (Wildman–Crippen MR) is 229 cm³/mol. The van der Waals surface area contributed by atoms with Crippen LogP contribution in [0, 0.1) is 17.8 Å². The number of aliphatic hydroxyl groups excluding tert-OH is 2. The molecule has 348 valence electrons. The lowest BCUT2D eigenvalue weighted by Gasteiger charge is -2.20. The van der Waals surface area contributed by atoms with Crippen molar-refractivity contribution >= 4 is 33.4 Å². The Bertz CT molecular complexity index is 1360. The van der Waals surface area contributed by atoms with E-state index in [1.54, 1.807) is 18.2 Å². The van der Waals surface area contributed by atoms with Gasteiger partial charge < -0.3 is 34.4 Å². The van der Waals surface area contributed by atoms with Gasteiger partial charge in [-0.15, -0.1) is 0 Å². The van der Waals surface area contributed by atoms with E-state index in [0.29, 0.717) is 32.1 Å². The topological polar surface area (TPSA) is 233 Å². The highest BCUT2D eigenvalue weighted by atomic mass is 31.2. The second kappa shape index (κ2) is 33.5. The van der Waals surface area contributed by atoms with Gasteiger partial charge in [-0.25, -0.2) is 9.13 Å². The van der Waals surface area contributed by atoms with Crippen LogP contribution in [0.1, 0.15) is 156 Å². The van der Waals surface area contributed by atoms with Crippen LogP contribution in [-0.2, 0) is 46.6 Å². The van der Waals surface area contributed by atoms with Gasteiger partial charge in [0.25, 0.3) is 0 Å². The normalized spacial score (nSPS) is 18.4. The van der Waals surface area contributed by atoms with E-state index >= 15 is 0 Å². The molecule has 0 fully saturated rings. The Labute approximate surface area is 358 Å². The van der Waals surface area contributed by atoms with Crippen molar-refractivity contribution in [2.24, 2.45) is 17.8 Å². The zero-order chi connectivity index (χ0) is 44.7. The quantitative estimate of drug-likeness (QED) is 0.0169. The number of ether oxygens (including phenoxy) is 2. The van der Waals surface area contributed by atoms with Gasteiger partial charge in [0.1, 0.15) is 12.7 Å². The Kier molecular flexibility index (Phi) is 31.3. The maximum Gasteiger partial charge on any atom is 0.472 e.